The van der Waals surface area contributed by atoms with Crippen LogP contribution in [0.1, 0.15) is 103 Å². The van der Waals surface area contributed by atoms with Crippen molar-refractivity contribution in [3.8, 4) is 21.3 Å². The fourth-order valence-electron chi connectivity index (χ4n) is 8.44. The van der Waals surface area contributed by atoms with Crippen molar-refractivity contribution in [1.82, 2.24) is 9.80 Å². The third-order valence-electron chi connectivity index (χ3n) is 11.6. The SMILES string of the molecule is CCCCC(CC)CN1C(=O)C2=C(C(=O)N(CC(CC)CCCC)C2c2ccc(-c3cc4ccccc4s3)o2)C1c1ccc(-c2cc3ccccc3s2)o1. The van der Waals surface area contributed by atoms with Crippen LogP contribution >= 0.6 is 22.7 Å². The van der Waals surface area contributed by atoms with Crippen molar-refractivity contribution >= 4 is 54.7 Å². The Bertz CT molecular complexity index is 2080. The number of furan rings is 2. The summed E-state index contributed by atoms with van der Waals surface area (Å²) in [5.74, 6) is 3.29. The number of rotatable bonds is 16. The first-order chi connectivity index (χ1) is 26.4. The smallest absolute Gasteiger partial charge is 0.253 e. The fraction of sp³-hybridized carbons (Fsp3) is 0.391. The minimum absolute atomic E-state index is 0.0768. The van der Waals surface area contributed by atoms with E-state index in [0.29, 0.717) is 47.6 Å². The molecule has 0 N–H and O–H groups in total. The van der Waals surface area contributed by atoms with Gasteiger partial charge in [0.2, 0.25) is 0 Å². The van der Waals surface area contributed by atoms with Crippen LogP contribution in [0.4, 0.5) is 0 Å². The predicted octanol–water partition coefficient (Wildman–Crippen LogP) is 12.8. The van der Waals surface area contributed by atoms with E-state index in [1.165, 1.54) is 20.2 Å². The van der Waals surface area contributed by atoms with Crippen molar-refractivity contribution in [2.75, 3.05) is 13.1 Å². The van der Waals surface area contributed by atoms with Crippen molar-refractivity contribution in [1.29, 1.82) is 0 Å². The topological polar surface area (TPSA) is 66.9 Å². The summed E-state index contributed by atoms with van der Waals surface area (Å²) in [4.78, 5) is 36.2. The van der Waals surface area contributed by atoms with Crippen molar-refractivity contribution in [2.45, 2.75) is 91.1 Å². The van der Waals surface area contributed by atoms with Crippen LogP contribution in [0.25, 0.3) is 41.4 Å². The van der Waals surface area contributed by atoms with Crippen LogP contribution in [-0.4, -0.2) is 34.7 Å². The minimum Gasteiger partial charge on any atom is -0.458 e. The Balaban J connectivity index is 1.22. The second-order valence-corrected chi connectivity index (χ2v) is 17.2. The molecule has 6 nitrogen and oxygen atoms in total. The Hall–Kier alpha value is -4.40. The highest BCUT2D eigenvalue weighted by atomic mass is 32.1. The van der Waals surface area contributed by atoms with Crippen LogP contribution in [0.5, 0.6) is 0 Å². The predicted molar refractivity (Wildman–Crippen MR) is 222 cm³/mol. The summed E-state index contributed by atoms with van der Waals surface area (Å²) in [7, 11) is 0. The number of carbonyl (C=O) groups is 2. The van der Waals surface area contributed by atoms with E-state index in [0.717, 1.165) is 72.6 Å². The quantitative estimate of drug-likeness (QED) is 0.0986. The Morgan fingerprint density at radius 3 is 1.41 bits per heavy atom. The Morgan fingerprint density at radius 1 is 0.593 bits per heavy atom. The van der Waals surface area contributed by atoms with E-state index in [9.17, 15) is 0 Å². The average molecular weight is 759 g/mol. The summed E-state index contributed by atoms with van der Waals surface area (Å²) in [5, 5.41) is 2.34. The molecule has 0 fully saturated rings. The van der Waals surface area contributed by atoms with Gasteiger partial charge in [0.1, 0.15) is 35.1 Å². The molecule has 2 amide bonds. The fourth-order valence-corrected chi connectivity index (χ4v) is 10.5. The van der Waals surface area contributed by atoms with Gasteiger partial charge >= 0.3 is 0 Å². The van der Waals surface area contributed by atoms with Crippen LogP contribution in [0.15, 0.2) is 105 Å². The van der Waals surface area contributed by atoms with Crippen LogP contribution in [0.3, 0.4) is 0 Å². The van der Waals surface area contributed by atoms with E-state index in [1.54, 1.807) is 22.7 Å². The molecule has 2 aliphatic rings. The second-order valence-electron chi connectivity index (χ2n) is 15.1. The van der Waals surface area contributed by atoms with Crippen molar-refractivity contribution < 1.29 is 18.4 Å². The van der Waals surface area contributed by atoms with Gasteiger partial charge in [-0.3, -0.25) is 9.59 Å². The molecule has 4 atom stereocenters. The molecular formula is C46H50N2O4S2. The van der Waals surface area contributed by atoms with Crippen LogP contribution in [0.2, 0.25) is 0 Å². The lowest BCUT2D eigenvalue weighted by Crippen LogP contribution is -2.42. The molecule has 0 bridgehead atoms. The molecule has 8 heteroatoms. The van der Waals surface area contributed by atoms with Crippen LogP contribution < -0.4 is 0 Å². The van der Waals surface area contributed by atoms with Crippen molar-refractivity contribution in [3.63, 3.8) is 0 Å². The number of hydrogen-bond donors (Lipinski definition) is 0. The summed E-state index contributed by atoms with van der Waals surface area (Å²) >= 11 is 3.39. The average Bonchev–Trinajstić information content (AvgIpc) is 4.05. The molecule has 0 spiro atoms. The number of carbonyl (C=O) groups excluding carboxylic acids is 2. The molecule has 0 saturated carbocycles. The third-order valence-corrected chi connectivity index (χ3v) is 13.8. The van der Waals surface area contributed by atoms with Crippen molar-refractivity contribution in [2.24, 2.45) is 11.8 Å². The maximum Gasteiger partial charge on any atom is 0.253 e. The standard InChI is InChI=1S/C46H50N2O4S2/c1-5-9-15-29(7-3)27-47-43(35-23-21-33(51-35)39-25-31-17-11-13-19-37(31)53-39)41-42(45(47)49)44(48(46(41)50)28-30(8-4)16-10-6-2)36-24-22-34(52-36)40-26-32-18-12-14-20-38(32)54-40/h11-14,17-26,29-30,43-44H,5-10,15-16,27-28H2,1-4H3. The highest BCUT2D eigenvalue weighted by Crippen LogP contribution is 2.52. The number of hydrogen-bond acceptors (Lipinski definition) is 6. The summed E-state index contributed by atoms with van der Waals surface area (Å²) in [6.45, 7) is 9.99. The largest absolute Gasteiger partial charge is 0.458 e. The molecule has 2 aliphatic heterocycles. The molecule has 6 aromatic rings. The lowest BCUT2D eigenvalue weighted by atomic mass is 9.96. The highest BCUT2D eigenvalue weighted by molar-refractivity contribution is 7.22. The van der Waals surface area contributed by atoms with E-state index in [4.69, 9.17) is 8.83 Å². The zero-order valence-corrected chi connectivity index (χ0v) is 33.4. The zero-order valence-electron chi connectivity index (χ0n) is 31.8. The van der Waals surface area contributed by atoms with Gasteiger partial charge in [0, 0.05) is 22.5 Å². The molecule has 2 aromatic carbocycles. The normalized spacial score (nSPS) is 18.5. The monoisotopic (exact) mass is 758 g/mol. The van der Waals surface area contributed by atoms with E-state index < -0.39 is 12.1 Å². The van der Waals surface area contributed by atoms with Gasteiger partial charge in [-0.1, -0.05) is 103 Å². The third kappa shape index (κ3) is 6.77. The lowest BCUT2D eigenvalue weighted by Gasteiger charge is -2.34. The number of benzene rings is 2. The highest BCUT2D eigenvalue weighted by Gasteiger charge is 2.56. The van der Waals surface area contributed by atoms with Gasteiger partial charge in [0.25, 0.3) is 11.8 Å². The number of nitrogens with zero attached hydrogens (tertiary/aromatic N) is 2. The van der Waals surface area contributed by atoms with Crippen LogP contribution in [-0.2, 0) is 9.59 Å². The number of thiophene rings is 2. The molecule has 6 heterocycles. The molecule has 0 aliphatic carbocycles. The van der Waals surface area contributed by atoms with Gasteiger partial charge in [-0.15, -0.1) is 22.7 Å². The van der Waals surface area contributed by atoms with Crippen LogP contribution in [0, 0.1) is 11.8 Å². The number of unbranched alkanes of at least 4 members (excludes halogenated alkanes) is 2. The Kier molecular flexibility index (Phi) is 10.7. The summed E-state index contributed by atoms with van der Waals surface area (Å²) in [6.07, 6.45) is 8.41. The molecule has 4 aromatic heterocycles. The molecule has 0 saturated heterocycles. The second kappa shape index (κ2) is 15.8. The van der Waals surface area contributed by atoms with Gasteiger partial charge in [-0.05, 0) is 84.0 Å². The maximum absolute atomic E-state index is 15.1. The van der Waals surface area contributed by atoms with Gasteiger partial charge < -0.3 is 18.6 Å². The number of fused-ring (bicyclic) bond motifs is 2. The van der Waals surface area contributed by atoms with Gasteiger partial charge in [0.15, 0.2) is 0 Å². The summed E-state index contributed by atoms with van der Waals surface area (Å²) < 4.78 is 15.8. The maximum atomic E-state index is 15.1. The summed E-state index contributed by atoms with van der Waals surface area (Å²) in [5.41, 5.74) is 1.11. The summed E-state index contributed by atoms with van der Waals surface area (Å²) in [6, 6.07) is 27.8. The first-order valence-corrected chi connectivity index (χ1v) is 21.6. The van der Waals surface area contributed by atoms with Gasteiger partial charge in [0.05, 0.1) is 20.9 Å². The Morgan fingerprint density at radius 2 is 1.02 bits per heavy atom. The Labute approximate surface area is 326 Å². The van der Waals surface area contributed by atoms with E-state index in [2.05, 4.69) is 88.4 Å². The first-order valence-electron chi connectivity index (χ1n) is 20.0. The van der Waals surface area contributed by atoms with E-state index in [-0.39, 0.29) is 11.8 Å². The first kappa shape index (κ1) is 36.6. The molecular weight excluding hydrogens is 709 g/mol. The van der Waals surface area contributed by atoms with Crippen molar-refractivity contribution in [3.05, 3.63) is 108 Å². The zero-order chi connectivity index (χ0) is 37.3. The molecule has 0 radical (unpaired) electrons. The molecule has 280 valence electrons. The minimum atomic E-state index is -0.598. The molecule has 4 unspecified atom stereocenters. The van der Waals surface area contributed by atoms with E-state index in [1.807, 2.05) is 34.1 Å². The van der Waals surface area contributed by atoms with Gasteiger partial charge in [-0.2, -0.15) is 0 Å². The number of amides is 2. The van der Waals surface area contributed by atoms with Gasteiger partial charge in [-0.25, -0.2) is 0 Å². The molecule has 54 heavy (non-hydrogen) atoms. The lowest BCUT2D eigenvalue weighted by molar-refractivity contribution is -0.133. The molecule has 8 rings (SSSR count). The van der Waals surface area contributed by atoms with E-state index >= 15 is 9.59 Å².